The van der Waals surface area contributed by atoms with Gasteiger partial charge in [-0.15, -0.1) is 0 Å². The van der Waals surface area contributed by atoms with Gasteiger partial charge in [0.15, 0.2) is 0 Å². The van der Waals surface area contributed by atoms with E-state index in [1.165, 1.54) is 24.8 Å². The lowest BCUT2D eigenvalue weighted by atomic mass is 9.92. The molecule has 1 aromatic heterocycles. The summed E-state index contributed by atoms with van der Waals surface area (Å²) >= 11 is 0. The van der Waals surface area contributed by atoms with Crippen molar-refractivity contribution in [2.24, 2.45) is 0 Å². The monoisotopic (exact) mass is 265 g/mol. The maximum atomic E-state index is 5.28. The van der Waals surface area contributed by atoms with Crippen LogP contribution in [0.2, 0.25) is 0 Å². The third-order valence-corrected chi connectivity index (χ3v) is 4.59. The Morgan fingerprint density at radius 1 is 1.32 bits per heavy atom. The zero-order chi connectivity index (χ0) is 13.9. The van der Waals surface area contributed by atoms with Crippen molar-refractivity contribution in [3.63, 3.8) is 0 Å². The smallest absolute Gasteiger partial charge is 0.138 e. The van der Waals surface area contributed by atoms with Crippen LogP contribution in [-0.4, -0.2) is 35.2 Å². The zero-order valence-electron chi connectivity index (χ0n) is 12.8. The molecule has 0 amide bonds. The normalized spacial score (nSPS) is 20.4. The minimum Gasteiger partial charge on any atom is -0.361 e. The molecule has 0 atom stereocenters. The molecule has 19 heavy (non-hydrogen) atoms. The second-order valence-electron chi connectivity index (χ2n) is 5.78. The molecule has 1 saturated heterocycles. The van der Waals surface area contributed by atoms with Gasteiger partial charge in [0.05, 0.1) is 5.69 Å². The van der Waals surface area contributed by atoms with Crippen molar-refractivity contribution >= 4 is 0 Å². The molecule has 0 saturated carbocycles. The Kier molecular flexibility index (Phi) is 4.63. The Bertz CT molecular complexity index is 390. The molecule has 0 spiro atoms. The molecule has 1 aromatic rings. The average Bonchev–Trinajstić information content (AvgIpc) is 2.65. The molecule has 108 valence electrons. The van der Waals surface area contributed by atoms with Gasteiger partial charge in [-0.1, -0.05) is 19.0 Å². The summed E-state index contributed by atoms with van der Waals surface area (Å²) in [6.45, 7) is 13.0. The number of nitrogens with one attached hydrogen (secondary N) is 1. The average molecular weight is 265 g/mol. The molecule has 2 heterocycles. The summed E-state index contributed by atoms with van der Waals surface area (Å²) in [5, 5.41) is 7.82. The highest BCUT2D eigenvalue weighted by Crippen LogP contribution is 2.22. The number of aryl methyl sites for hydroxylation is 2. The van der Waals surface area contributed by atoms with E-state index in [2.05, 4.69) is 29.2 Å². The van der Waals surface area contributed by atoms with E-state index >= 15 is 0 Å². The van der Waals surface area contributed by atoms with E-state index in [0.29, 0.717) is 0 Å². The third kappa shape index (κ3) is 3.18. The van der Waals surface area contributed by atoms with Crippen LogP contribution in [0.4, 0.5) is 0 Å². The van der Waals surface area contributed by atoms with Crippen LogP contribution in [0.3, 0.4) is 0 Å². The van der Waals surface area contributed by atoms with Gasteiger partial charge in [-0.25, -0.2) is 0 Å². The maximum Gasteiger partial charge on any atom is 0.138 e. The van der Waals surface area contributed by atoms with Crippen LogP contribution < -0.4 is 5.32 Å². The molecule has 0 bridgehead atoms. The molecular formula is C15H27N3O. The first-order chi connectivity index (χ1) is 9.10. The summed E-state index contributed by atoms with van der Waals surface area (Å²) in [6.07, 6.45) is 3.58. The Hall–Kier alpha value is -0.870. The van der Waals surface area contributed by atoms with E-state index < -0.39 is 0 Å². The van der Waals surface area contributed by atoms with Crippen LogP contribution in [0, 0.1) is 13.8 Å². The van der Waals surface area contributed by atoms with Crippen LogP contribution in [-0.2, 0) is 6.54 Å². The first kappa shape index (κ1) is 14.5. The number of rotatable bonds is 4. The fourth-order valence-corrected chi connectivity index (χ4v) is 3.03. The van der Waals surface area contributed by atoms with E-state index in [1.54, 1.807) is 0 Å². The van der Waals surface area contributed by atoms with Crippen molar-refractivity contribution in [1.82, 2.24) is 15.4 Å². The molecule has 0 radical (unpaired) electrons. The summed E-state index contributed by atoms with van der Waals surface area (Å²) in [5.74, 6) is 0.966. The summed E-state index contributed by atoms with van der Waals surface area (Å²) < 4.78 is 5.28. The highest BCUT2D eigenvalue weighted by atomic mass is 16.5. The fraction of sp³-hybridized carbons (Fsp3) is 0.800. The zero-order valence-corrected chi connectivity index (χ0v) is 12.8. The standard InChI is InChI=1S/C15H27N3O/c1-5-15(6-2)11-18(9-7-8-16-15)10-14-12(3)17-19-13(14)4/h16H,5-11H2,1-4H3. The van der Waals surface area contributed by atoms with Gasteiger partial charge in [0.1, 0.15) is 5.76 Å². The van der Waals surface area contributed by atoms with Crippen molar-refractivity contribution in [3.8, 4) is 0 Å². The molecule has 1 aliphatic heterocycles. The molecule has 4 heteroatoms. The summed E-state index contributed by atoms with van der Waals surface area (Å²) in [7, 11) is 0. The van der Waals surface area contributed by atoms with Crippen molar-refractivity contribution in [2.75, 3.05) is 19.6 Å². The first-order valence-electron chi connectivity index (χ1n) is 7.49. The second-order valence-corrected chi connectivity index (χ2v) is 5.78. The van der Waals surface area contributed by atoms with Crippen LogP contribution in [0.5, 0.6) is 0 Å². The van der Waals surface area contributed by atoms with Crippen molar-refractivity contribution in [3.05, 3.63) is 17.0 Å². The van der Waals surface area contributed by atoms with Crippen molar-refractivity contribution in [1.29, 1.82) is 0 Å². The maximum absolute atomic E-state index is 5.28. The minimum atomic E-state index is 0.273. The van der Waals surface area contributed by atoms with Crippen LogP contribution >= 0.6 is 0 Å². The molecule has 1 aliphatic rings. The third-order valence-electron chi connectivity index (χ3n) is 4.59. The predicted octanol–water partition coefficient (Wildman–Crippen LogP) is 2.65. The lowest BCUT2D eigenvalue weighted by Gasteiger charge is -2.35. The van der Waals surface area contributed by atoms with Gasteiger partial charge in [-0.05, 0) is 46.2 Å². The molecule has 0 unspecified atom stereocenters. The van der Waals surface area contributed by atoms with Gasteiger partial charge in [0, 0.05) is 24.2 Å². The Labute approximate surface area is 116 Å². The number of hydrogen-bond donors (Lipinski definition) is 1. The molecule has 0 aliphatic carbocycles. The van der Waals surface area contributed by atoms with Gasteiger partial charge in [-0.3, -0.25) is 4.90 Å². The van der Waals surface area contributed by atoms with E-state index in [1.807, 2.05) is 13.8 Å². The molecule has 1 N–H and O–H groups in total. The van der Waals surface area contributed by atoms with Crippen molar-refractivity contribution < 1.29 is 4.52 Å². The molecule has 4 nitrogen and oxygen atoms in total. The first-order valence-corrected chi connectivity index (χ1v) is 7.49. The highest BCUT2D eigenvalue weighted by molar-refractivity contribution is 5.20. The molecule has 1 fully saturated rings. The predicted molar refractivity (Wildman–Crippen MR) is 77.2 cm³/mol. The van der Waals surface area contributed by atoms with Crippen LogP contribution in [0.1, 0.15) is 50.1 Å². The number of hydrogen-bond acceptors (Lipinski definition) is 4. The van der Waals surface area contributed by atoms with Gasteiger partial charge >= 0.3 is 0 Å². The number of nitrogens with zero attached hydrogens (tertiary/aromatic N) is 2. The summed E-state index contributed by atoms with van der Waals surface area (Å²) in [6, 6.07) is 0. The SMILES string of the molecule is CCC1(CC)CN(Cc2c(C)noc2C)CCCN1. The lowest BCUT2D eigenvalue weighted by molar-refractivity contribution is 0.190. The largest absolute Gasteiger partial charge is 0.361 e. The Balaban J connectivity index is 2.11. The van der Waals surface area contributed by atoms with Gasteiger partial charge in [0.2, 0.25) is 0 Å². The Morgan fingerprint density at radius 2 is 2.05 bits per heavy atom. The van der Waals surface area contributed by atoms with E-state index in [-0.39, 0.29) is 5.54 Å². The van der Waals surface area contributed by atoms with Crippen LogP contribution in [0.25, 0.3) is 0 Å². The Morgan fingerprint density at radius 3 is 2.63 bits per heavy atom. The van der Waals surface area contributed by atoms with E-state index in [9.17, 15) is 0 Å². The van der Waals surface area contributed by atoms with Gasteiger partial charge in [-0.2, -0.15) is 0 Å². The van der Waals surface area contributed by atoms with Crippen LogP contribution in [0.15, 0.2) is 4.52 Å². The summed E-state index contributed by atoms with van der Waals surface area (Å²) in [4.78, 5) is 2.56. The quantitative estimate of drug-likeness (QED) is 0.908. The highest BCUT2D eigenvalue weighted by Gasteiger charge is 2.30. The lowest BCUT2D eigenvalue weighted by Crippen LogP contribution is -2.50. The molecular weight excluding hydrogens is 238 g/mol. The minimum absolute atomic E-state index is 0.273. The second kappa shape index (κ2) is 6.06. The van der Waals surface area contributed by atoms with E-state index in [4.69, 9.17) is 4.52 Å². The molecule has 2 rings (SSSR count). The number of aromatic nitrogens is 1. The van der Waals surface area contributed by atoms with E-state index in [0.717, 1.165) is 37.6 Å². The van der Waals surface area contributed by atoms with Gasteiger partial charge in [0.25, 0.3) is 0 Å². The molecule has 0 aromatic carbocycles. The van der Waals surface area contributed by atoms with Crippen molar-refractivity contribution in [2.45, 2.75) is 59.0 Å². The van der Waals surface area contributed by atoms with Gasteiger partial charge < -0.3 is 9.84 Å². The topological polar surface area (TPSA) is 41.3 Å². The summed E-state index contributed by atoms with van der Waals surface area (Å²) in [5.41, 5.74) is 2.58. The fourth-order valence-electron chi connectivity index (χ4n) is 3.03.